The van der Waals surface area contributed by atoms with Gasteiger partial charge in [0, 0.05) is 12.5 Å². The smallest absolute Gasteiger partial charge is 0.255 e. The number of ether oxygens (including phenoxy) is 1. The van der Waals surface area contributed by atoms with E-state index in [-0.39, 0.29) is 17.9 Å². The Hall–Kier alpha value is -2.21. The molecule has 2 aromatic rings. The first-order chi connectivity index (χ1) is 14.7. The Morgan fingerprint density at radius 3 is 2.67 bits per heavy atom. The first-order valence-electron chi connectivity index (χ1n) is 11.5. The largest absolute Gasteiger partial charge is 0.368 e. The van der Waals surface area contributed by atoms with E-state index in [2.05, 4.69) is 41.7 Å². The zero-order valence-electron chi connectivity index (χ0n) is 17.7. The Balaban J connectivity index is 1.36. The molecule has 3 fully saturated rings. The van der Waals surface area contributed by atoms with Gasteiger partial charge in [-0.15, -0.1) is 0 Å². The molecule has 2 heterocycles. The van der Waals surface area contributed by atoms with E-state index in [0.29, 0.717) is 17.6 Å². The molecular formula is C24H31N3O3. The second kappa shape index (κ2) is 8.14. The standard InChI is InChI=1S/C24H31N3O3/c1-16-9-4-5-10-17(16)18-15-19(18)21(28)26-24(12-6-2-3-7-13-24)23-25-22(30-27-23)20-11-8-14-29-20/h4-5,9-10,18-20H,2-3,6-8,11-15H2,1H3,(H,26,28)/t18-,19+,20+/m0/s1. The number of carbonyl (C=O) groups is 1. The van der Waals surface area contributed by atoms with Gasteiger partial charge in [-0.2, -0.15) is 4.98 Å². The number of hydrogen-bond acceptors (Lipinski definition) is 5. The average molecular weight is 410 g/mol. The van der Waals surface area contributed by atoms with Gasteiger partial charge in [0.25, 0.3) is 5.89 Å². The second-order valence-corrected chi connectivity index (χ2v) is 9.25. The summed E-state index contributed by atoms with van der Waals surface area (Å²) < 4.78 is 11.3. The van der Waals surface area contributed by atoms with Crippen LogP contribution in [-0.2, 0) is 15.1 Å². The minimum Gasteiger partial charge on any atom is -0.368 e. The molecule has 0 bridgehead atoms. The van der Waals surface area contributed by atoms with Gasteiger partial charge < -0.3 is 14.6 Å². The molecule has 1 N–H and O–H groups in total. The first kappa shape index (κ1) is 19.7. The number of carbonyl (C=O) groups excluding carboxylic acids is 1. The zero-order valence-corrected chi connectivity index (χ0v) is 17.7. The van der Waals surface area contributed by atoms with Crippen molar-refractivity contribution in [3.05, 3.63) is 47.1 Å². The predicted octanol–water partition coefficient (Wildman–Crippen LogP) is 4.70. The van der Waals surface area contributed by atoms with E-state index >= 15 is 0 Å². The van der Waals surface area contributed by atoms with Crippen LogP contribution in [0, 0.1) is 12.8 Å². The summed E-state index contributed by atoms with van der Waals surface area (Å²) in [6.07, 6.45) is 8.99. The summed E-state index contributed by atoms with van der Waals surface area (Å²) in [5.41, 5.74) is 2.04. The van der Waals surface area contributed by atoms with Crippen molar-refractivity contribution in [3.8, 4) is 0 Å². The second-order valence-electron chi connectivity index (χ2n) is 9.25. The lowest BCUT2D eigenvalue weighted by Gasteiger charge is -2.31. The van der Waals surface area contributed by atoms with Crippen molar-refractivity contribution < 1.29 is 14.1 Å². The van der Waals surface area contributed by atoms with Crippen LogP contribution in [0.4, 0.5) is 0 Å². The first-order valence-corrected chi connectivity index (χ1v) is 11.5. The highest BCUT2D eigenvalue weighted by Crippen LogP contribution is 2.49. The summed E-state index contributed by atoms with van der Waals surface area (Å²) in [4.78, 5) is 18.0. The SMILES string of the molecule is Cc1ccccc1[C@@H]1C[C@H]1C(=O)NC1(c2noc([C@H]3CCCO3)n2)CCCCCC1. The number of benzene rings is 1. The Morgan fingerprint density at radius 2 is 1.93 bits per heavy atom. The predicted molar refractivity (Wildman–Crippen MR) is 112 cm³/mol. The van der Waals surface area contributed by atoms with E-state index in [0.717, 1.165) is 51.6 Å². The number of aryl methyl sites for hydroxylation is 1. The van der Waals surface area contributed by atoms with Gasteiger partial charge in [-0.1, -0.05) is 55.1 Å². The van der Waals surface area contributed by atoms with Gasteiger partial charge >= 0.3 is 0 Å². The lowest BCUT2D eigenvalue weighted by atomic mass is 9.88. The molecular weight excluding hydrogens is 378 g/mol. The summed E-state index contributed by atoms with van der Waals surface area (Å²) in [5, 5.41) is 7.75. The molecule has 1 saturated heterocycles. The molecule has 0 spiro atoms. The molecule has 6 heteroatoms. The van der Waals surface area contributed by atoms with Crippen LogP contribution in [0.5, 0.6) is 0 Å². The van der Waals surface area contributed by atoms with E-state index in [1.807, 2.05) is 0 Å². The van der Waals surface area contributed by atoms with Crippen LogP contribution in [-0.4, -0.2) is 22.7 Å². The summed E-state index contributed by atoms with van der Waals surface area (Å²) in [5.74, 6) is 1.69. The van der Waals surface area contributed by atoms with E-state index < -0.39 is 5.54 Å². The molecule has 30 heavy (non-hydrogen) atoms. The molecule has 2 saturated carbocycles. The van der Waals surface area contributed by atoms with Gasteiger partial charge in [0.1, 0.15) is 11.6 Å². The molecule has 1 aliphatic heterocycles. The topological polar surface area (TPSA) is 77.2 Å². The maximum absolute atomic E-state index is 13.3. The summed E-state index contributed by atoms with van der Waals surface area (Å²) >= 11 is 0. The third-order valence-corrected chi connectivity index (χ3v) is 7.11. The highest BCUT2D eigenvalue weighted by Gasteiger charge is 2.48. The Morgan fingerprint density at radius 1 is 1.13 bits per heavy atom. The minimum atomic E-state index is -0.521. The number of nitrogens with zero attached hydrogens (tertiary/aromatic N) is 2. The van der Waals surface area contributed by atoms with Gasteiger partial charge in [-0.25, -0.2) is 0 Å². The van der Waals surface area contributed by atoms with Crippen molar-refractivity contribution in [1.29, 1.82) is 0 Å². The Bertz CT molecular complexity index is 895. The Kier molecular flexibility index (Phi) is 5.35. The molecule has 1 amide bonds. The summed E-state index contributed by atoms with van der Waals surface area (Å²) in [6, 6.07) is 8.40. The van der Waals surface area contributed by atoms with Crippen molar-refractivity contribution in [2.45, 2.75) is 82.3 Å². The third kappa shape index (κ3) is 3.78. The minimum absolute atomic E-state index is 0.0377. The fourth-order valence-corrected chi connectivity index (χ4v) is 5.23. The maximum Gasteiger partial charge on any atom is 0.255 e. The van der Waals surface area contributed by atoms with Crippen LogP contribution in [0.1, 0.15) is 92.7 Å². The molecule has 1 aromatic heterocycles. The van der Waals surface area contributed by atoms with Crippen molar-refractivity contribution in [3.63, 3.8) is 0 Å². The van der Waals surface area contributed by atoms with Crippen molar-refractivity contribution in [1.82, 2.24) is 15.5 Å². The average Bonchev–Trinajstić information content (AvgIpc) is 3.16. The van der Waals surface area contributed by atoms with Crippen LogP contribution in [0.2, 0.25) is 0 Å². The van der Waals surface area contributed by atoms with E-state index in [9.17, 15) is 4.79 Å². The maximum atomic E-state index is 13.3. The molecule has 3 atom stereocenters. The Labute approximate surface area is 177 Å². The molecule has 1 aromatic carbocycles. The molecule has 160 valence electrons. The van der Waals surface area contributed by atoms with Gasteiger partial charge in [0.2, 0.25) is 5.91 Å². The van der Waals surface area contributed by atoms with E-state index in [1.54, 1.807) is 0 Å². The van der Waals surface area contributed by atoms with Crippen molar-refractivity contribution in [2.75, 3.05) is 6.61 Å². The lowest BCUT2D eigenvalue weighted by Crippen LogP contribution is -2.47. The molecule has 0 unspecified atom stereocenters. The number of hydrogen-bond donors (Lipinski definition) is 1. The molecule has 5 rings (SSSR count). The van der Waals surface area contributed by atoms with Crippen LogP contribution in [0.25, 0.3) is 0 Å². The highest BCUT2D eigenvalue weighted by molar-refractivity contribution is 5.83. The molecule has 6 nitrogen and oxygen atoms in total. The fourth-order valence-electron chi connectivity index (χ4n) is 5.23. The van der Waals surface area contributed by atoms with Gasteiger partial charge in [0.05, 0.1) is 0 Å². The van der Waals surface area contributed by atoms with Crippen LogP contribution in [0.15, 0.2) is 28.8 Å². The summed E-state index contributed by atoms with van der Waals surface area (Å²) in [6.45, 7) is 2.87. The van der Waals surface area contributed by atoms with Crippen molar-refractivity contribution >= 4 is 5.91 Å². The zero-order chi connectivity index (χ0) is 20.6. The quantitative estimate of drug-likeness (QED) is 0.725. The number of aromatic nitrogens is 2. The highest BCUT2D eigenvalue weighted by atomic mass is 16.5. The van der Waals surface area contributed by atoms with Gasteiger partial charge in [-0.05, 0) is 56.1 Å². The molecule has 0 radical (unpaired) electrons. The number of nitrogens with one attached hydrogen (secondary N) is 1. The number of rotatable bonds is 5. The van der Waals surface area contributed by atoms with Gasteiger partial charge in [-0.3, -0.25) is 4.79 Å². The molecule has 2 aliphatic carbocycles. The van der Waals surface area contributed by atoms with E-state index in [4.69, 9.17) is 14.2 Å². The van der Waals surface area contributed by atoms with Crippen molar-refractivity contribution in [2.24, 2.45) is 5.92 Å². The lowest BCUT2D eigenvalue weighted by molar-refractivity contribution is -0.124. The van der Waals surface area contributed by atoms with Gasteiger partial charge in [0.15, 0.2) is 5.82 Å². The number of amides is 1. The van der Waals surface area contributed by atoms with Crippen LogP contribution < -0.4 is 5.32 Å². The normalized spacial score (nSPS) is 28.1. The third-order valence-electron chi connectivity index (χ3n) is 7.11. The van der Waals surface area contributed by atoms with E-state index in [1.165, 1.54) is 24.0 Å². The van der Waals surface area contributed by atoms with Crippen LogP contribution in [0.3, 0.4) is 0 Å². The molecule has 3 aliphatic rings. The van der Waals surface area contributed by atoms with Crippen LogP contribution >= 0.6 is 0 Å². The fraction of sp³-hybridized carbons (Fsp3) is 0.625. The monoisotopic (exact) mass is 409 g/mol. The summed E-state index contributed by atoms with van der Waals surface area (Å²) in [7, 11) is 0.